The van der Waals surface area contributed by atoms with Crippen LogP contribution in [0.3, 0.4) is 0 Å². The van der Waals surface area contributed by atoms with Gasteiger partial charge in [-0.15, -0.1) is 11.3 Å². The lowest BCUT2D eigenvalue weighted by molar-refractivity contribution is 0.752. The van der Waals surface area contributed by atoms with Gasteiger partial charge in [-0.05, 0) is 111 Å². The van der Waals surface area contributed by atoms with Gasteiger partial charge in [-0.25, -0.2) is 0 Å². The van der Waals surface area contributed by atoms with Gasteiger partial charge in [0, 0.05) is 42.8 Å². The normalized spacial score (nSPS) is 13.1. The van der Waals surface area contributed by atoms with E-state index < -0.39 is 5.41 Å². The summed E-state index contributed by atoms with van der Waals surface area (Å²) >= 11 is 1.88. The number of benzene rings is 10. The number of anilines is 6. The molecule has 0 unspecified atom stereocenters. The molecule has 0 saturated heterocycles. The van der Waals surface area contributed by atoms with Gasteiger partial charge in [0.2, 0.25) is 0 Å². The molecule has 0 N–H and O–H groups in total. The smallest absolute Gasteiger partial charge is 0.0755 e. The number of thiophene rings is 1. The molecular formula is C61H40N2S. The highest BCUT2D eigenvalue weighted by Crippen LogP contribution is 2.65. The van der Waals surface area contributed by atoms with Crippen molar-refractivity contribution in [3.05, 3.63) is 265 Å². The van der Waals surface area contributed by atoms with E-state index in [0.29, 0.717) is 0 Å². The van der Waals surface area contributed by atoms with Crippen LogP contribution in [0, 0.1) is 0 Å². The topological polar surface area (TPSA) is 6.48 Å². The van der Waals surface area contributed by atoms with Crippen LogP contribution >= 0.6 is 11.3 Å². The monoisotopic (exact) mass is 832 g/mol. The molecule has 0 bridgehead atoms. The van der Waals surface area contributed by atoms with Gasteiger partial charge in [-0.3, -0.25) is 0 Å². The van der Waals surface area contributed by atoms with Crippen LogP contribution in [0.5, 0.6) is 0 Å². The predicted octanol–water partition coefficient (Wildman–Crippen LogP) is 17.0. The van der Waals surface area contributed by atoms with Crippen LogP contribution in [-0.2, 0) is 5.41 Å². The lowest BCUT2D eigenvalue weighted by Gasteiger charge is -2.45. The fourth-order valence-corrected chi connectivity index (χ4v) is 12.1. The molecule has 0 saturated carbocycles. The molecule has 10 aromatic carbocycles. The van der Waals surface area contributed by atoms with Crippen molar-refractivity contribution in [3.63, 3.8) is 0 Å². The van der Waals surface area contributed by atoms with Crippen molar-refractivity contribution in [2.24, 2.45) is 0 Å². The van der Waals surface area contributed by atoms with Crippen LogP contribution in [-0.4, -0.2) is 0 Å². The Bertz CT molecular complexity index is 3520. The maximum atomic E-state index is 2.49. The molecule has 1 aromatic heterocycles. The van der Waals surface area contributed by atoms with E-state index in [1.165, 1.54) is 87.2 Å². The maximum Gasteiger partial charge on any atom is 0.0755 e. The zero-order chi connectivity index (χ0) is 42.2. The molecule has 1 aliphatic carbocycles. The first-order valence-electron chi connectivity index (χ1n) is 22.0. The number of fused-ring (bicyclic) bond motifs is 12. The standard InChI is InChI=1S/C61H40N2S/c1-3-18-41(19-4-1)42-36-38-45(39-37-42)62(46-23-15-20-43(40-46)47-26-16-27-49-48-24-8-14-35-58(48)64-60(47)49)57-34-17-31-54-59(57)50-25-7-9-28-51(50)61(54)52-29-10-12-32-55(52)63(44-21-5-2-6-22-44)56-33-13-11-30-53(56)61/h1-40H. The summed E-state index contributed by atoms with van der Waals surface area (Å²) in [5, 5.41) is 2.62. The van der Waals surface area contributed by atoms with Crippen molar-refractivity contribution in [2.45, 2.75) is 5.41 Å². The van der Waals surface area contributed by atoms with Crippen LogP contribution in [0.25, 0.3) is 53.6 Å². The zero-order valence-electron chi connectivity index (χ0n) is 34.9. The second-order valence-electron chi connectivity index (χ2n) is 16.8. The van der Waals surface area contributed by atoms with Crippen LogP contribution in [0.2, 0.25) is 0 Å². The third-order valence-electron chi connectivity index (χ3n) is 13.5. The molecule has 13 rings (SSSR count). The van der Waals surface area contributed by atoms with Gasteiger partial charge < -0.3 is 9.80 Å². The van der Waals surface area contributed by atoms with Crippen LogP contribution in [0.1, 0.15) is 22.3 Å². The minimum atomic E-state index is -0.568. The Morgan fingerprint density at radius 1 is 0.375 bits per heavy atom. The van der Waals surface area contributed by atoms with Gasteiger partial charge in [0.1, 0.15) is 0 Å². The van der Waals surface area contributed by atoms with E-state index in [-0.39, 0.29) is 0 Å². The van der Waals surface area contributed by atoms with E-state index in [9.17, 15) is 0 Å². The molecule has 2 nitrogen and oxygen atoms in total. The highest BCUT2D eigenvalue weighted by atomic mass is 32.1. The van der Waals surface area contributed by atoms with E-state index >= 15 is 0 Å². The Hall–Kier alpha value is -7.98. The number of hydrogen-bond acceptors (Lipinski definition) is 3. The second-order valence-corrected chi connectivity index (χ2v) is 17.8. The highest BCUT2D eigenvalue weighted by molar-refractivity contribution is 7.26. The first kappa shape index (κ1) is 36.7. The Balaban J connectivity index is 1.07. The van der Waals surface area contributed by atoms with Crippen LogP contribution in [0.15, 0.2) is 243 Å². The van der Waals surface area contributed by atoms with E-state index in [4.69, 9.17) is 0 Å². The van der Waals surface area contributed by atoms with Crippen LogP contribution in [0.4, 0.5) is 34.1 Å². The van der Waals surface area contributed by atoms with Crippen LogP contribution < -0.4 is 9.80 Å². The molecule has 0 atom stereocenters. The molecule has 1 aliphatic heterocycles. The van der Waals surface area contributed by atoms with Gasteiger partial charge >= 0.3 is 0 Å². The third-order valence-corrected chi connectivity index (χ3v) is 14.7. The summed E-state index contributed by atoms with van der Waals surface area (Å²) < 4.78 is 2.63. The minimum absolute atomic E-state index is 0.568. The molecular weight excluding hydrogens is 793 g/mol. The summed E-state index contributed by atoms with van der Waals surface area (Å²) in [5.41, 5.74) is 18.8. The fraction of sp³-hybridized carbons (Fsp3) is 0.0164. The Morgan fingerprint density at radius 2 is 0.938 bits per heavy atom. The molecule has 300 valence electrons. The van der Waals surface area contributed by atoms with Crippen molar-refractivity contribution in [2.75, 3.05) is 9.80 Å². The molecule has 0 radical (unpaired) electrons. The molecule has 0 amide bonds. The molecule has 2 aliphatic rings. The van der Waals surface area contributed by atoms with Gasteiger partial charge in [-0.1, -0.05) is 182 Å². The van der Waals surface area contributed by atoms with E-state index in [2.05, 4.69) is 252 Å². The lowest BCUT2D eigenvalue weighted by Crippen LogP contribution is -2.36. The minimum Gasteiger partial charge on any atom is -0.310 e. The number of para-hydroxylation sites is 3. The quantitative estimate of drug-likeness (QED) is 0.165. The zero-order valence-corrected chi connectivity index (χ0v) is 35.7. The summed E-state index contributed by atoms with van der Waals surface area (Å²) in [6.07, 6.45) is 0. The highest BCUT2D eigenvalue weighted by Gasteiger charge is 2.52. The number of hydrogen-bond donors (Lipinski definition) is 0. The van der Waals surface area contributed by atoms with Crippen molar-refractivity contribution in [1.82, 2.24) is 0 Å². The van der Waals surface area contributed by atoms with Crippen molar-refractivity contribution < 1.29 is 0 Å². The SMILES string of the molecule is c1ccc(-c2ccc(N(c3cccc(-c4cccc5c4sc4ccccc45)c3)c3cccc4c3-c3ccccc3C43c4ccccc4N(c4ccccc4)c4ccccc43)cc2)cc1. The first-order valence-corrected chi connectivity index (χ1v) is 22.8. The Labute approximate surface area is 377 Å². The summed E-state index contributed by atoms with van der Waals surface area (Å²) in [6.45, 7) is 0. The molecule has 0 fully saturated rings. The van der Waals surface area contributed by atoms with Crippen molar-refractivity contribution in [3.8, 4) is 33.4 Å². The first-order chi connectivity index (χ1) is 31.8. The summed E-state index contributed by atoms with van der Waals surface area (Å²) in [4.78, 5) is 4.94. The van der Waals surface area contributed by atoms with Crippen molar-refractivity contribution in [1.29, 1.82) is 0 Å². The van der Waals surface area contributed by atoms with E-state index in [1.54, 1.807) is 0 Å². The predicted molar refractivity (Wildman–Crippen MR) is 270 cm³/mol. The van der Waals surface area contributed by atoms with Crippen molar-refractivity contribution >= 4 is 65.6 Å². The number of nitrogens with zero attached hydrogens (tertiary/aromatic N) is 2. The number of rotatable bonds is 6. The average Bonchev–Trinajstić information content (AvgIpc) is 3.90. The van der Waals surface area contributed by atoms with Gasteiger partial charge in [-0.2, -0.15) is 0 Å². The molecule has 1 spiro atoms. The average molecular weight is 833 g/mol. The van der Waals surface area contributed by atoms with Gasteiger partial charge in [0.05, 0.1) is 22.5 Å². The second kappa shape index (κ2) is 14.6. The van der Waals surface area contributed by atoms with Gasteiger partial charge in [0.25, 0.3) is 0 Å². The lowest BCUT2D eigenvalue weighted by atomic mass is 9.64. The maximum absolute atomic E-state index is 2.49. The molecule has 11 aromatic rings. The molecule has 64 heavy (non-hydrogen) atoms. The summed E-state index contributed by atoms with van der Waals surface area (Å²) in [6, 6.07) is 89.6. The molecule has 3 heteroatoms. The fourth-order valence-electron chi connectivity index (χ4n) is 10.8. The van der Waals surface area contributed by atoms with Gasteiger partial charge in [0.15, 0.2) is 0 Å². The summed E-state index contributed by atoms with van der Waals surface area (Å²) in [7, 11) is 0. The molecule has 2 heterocycles. The summed E-state index contributed by atoms with van der Waals surface area (Å²) in [5.74, 6) is 0. The Kier molecular flexibility index (Phi) is 8.34. The largest absolute Gasteiger partial charge is 0.310 e. The Morgan fingerprint density at radius 3 is 1.72 bits per heavy atom. The third kappa shape index (κ3) is 5.38. The van der Waals surface area contributed by atoms with E-state index in [1.807, 2.05) is 11.3 Å². The van der Waals surface area contributed by atoms with E-state index in [0.717, 1.165) is 22.7 Å².